The van der Waals surface area contributed by atoms with E-state index in [0.29, 0.717) is 0 Å². The summed E-state index contributed by atoms with van der Waals surface area (Å²) >= 11 is 0. The summed E-state index contributed by atoms with van der Waals surface area (Å²) in [7, 11) is 0. The third kappa shape index (κ3) is 3.32. The number of hydrogen-bond acceptors (Lipinski definition) is 3. The van der Waals surface area contributed by atoms with E-state index in [4.69, 9.17) is 10.00 Å². The van der Waals surface area contributed by atoms with Crippen LogP contribution in [0.2, 0.25) is 0 Å². The number of carbonyl (C=O) groups is 1. The minimum Gasteiger partial charge on any atom is -0.444 e. The Kier molecular flexibility index (Phi) is 2.46. The summed E-state index contributed by atoms with van der Waals surface area (Å²) in [5.41, 5.74) is -0.471. The number of ether oxygens (including phenoxy) is 1. The molecule has 0 radical (unpaired) electrons. The molecule has 2 atom stereocenters. The first-order valence-electron chi connectivity index (χ1n) is 4.31. The zero-order valence-electron chi connectivity index (χ0n) is 8.13. The lowest BCUT2D eigenvalue weighted by atomic mass is 10.2. The smallest absolute Gasteiger partial charge is 0.407 e. The SMILES string of the molecule is CC(C)(C)OC(=O)N[C@@H]1C[C@@H]1C#N. The van der Waals surface area contributed by atoms with E-state index in [-0.39, 0.29) is 12.0 Å². The molecule has 1 rings (SSSR count). The van der Waals surface area contributed by atoms with Crippen LogP contribution in [0, 0.1) is 17.2 Å². The first kappa shape index (κ1) is 9.85. The average molecular weight is 182 g/mol. The maximum absolute atomic E-state index is 11.1. The number of hydrogen-bond donors (Lipinski definition) is 1. The topological polar surface area (TPSA) is 62.1 Å². The number of rotatable bonds is 1. The number of nitriles is 1. The number of carbonyl (C=O) groups excluding carboxylic acids is 1. The van der Waals surface area contributed by atoms with Gasteiger partial charge in [0.05, 0.1) is 12.0 Å². The van der Waals surface area contributed by atoms with Crippen molar-refractivity contribution in [3.63, 3.8) is 0 Å². The Balaban J connectivity index is 2.25. The summed E-state index contributed by atoms with van der Waals surface area (Å²) in [5, 5.41) is 11.1. The van der Waals surface area contributed by atoms with E-state index in [1.807, 2.05) is 0 Å². The molecule has 0 heterocycles. The molecule has 72 valence electrons. The van der Waals surface area contributed by atoms with Gasteiger partial charge in [0.25, 0.3) is 0 Å². The van der Waals surface area contributed by atoms with Crippen LogP contribution in [0.1, 0.15) is 27.2 Å². The normalized spacial score (nSPS) is 26.0. The van der Waals surface area contributed by atoms with Crippen molar-refractivity contribution in [1.82, 2.24) is 5.32 Å². The minimum atomic E-state index is -0.471. The molecule has 13 heavy (non-hydrogen) atoms. The van der Waals surface area contributed by atoms with E-state index in [2.05, 4.69) is 11.4 Å². The van der Waals surface area contributed by atoms with Crippen molar-refractivity contribution in [2.45, 2.75) is 38.8 Å². The first-order valence-corrected chi connectivity index (χ1v) is 4.31. The van der Waals surface area contributed by atoms with Crippen LogP contribution in [-0.2, 0) is 4.74 Å². The number of nitrogens with one attached hydrogen (secondary N) is 1. The van der Waals surface area contributed by atoms with Crippen LogP contribution in [0.4, 0.5) is 4.79 Å². The molecule has 0 aromatic heterocycles. The van der Waals surface area contributed by atoms with Gasteiger partial charge in [0, 0.05) is 6.04 Å². The van der Waals surface area contributed by atoms with Crippen LogP contribution in [0.5, 0.6) is 0 Å². The predicted octanol–water partition coefficient (Wildman–Crippen LogP) is 1.42. The van der Waals surface area contributed by atoms with Crippen LogP contribution in [0.25, 0.3) is 0 Å². The molecule has 1 fully saturated rings. The van der Waals surface area contributed by atoms with E-state index in [1.165, 1.54) is 0 Å². The van der Waals surface area contributed by atoms with Gasteiger partial charge in [-0.25, -0.2) is 4.79 Å². The highest BCUT2D eigenvalue weighted by molar-refractivity contribution is 5.68. The number of alkyl carbamates (subject to hydrolysis) is 1. The van der Waals surface area contributed by atoms with Gasteiger partial charge in [-0.05, 0) is 27.2 Å². The second-order valence-corrected chi connectivity index (χ2v) is 4.22. The lowest BCUT2D eigenvalue weighted by Crippen LogP contribution is -2.34. The molecule has 1 saturated carbocycles. The Morgan fingerprint density at radius 3 is 2.62 bits per heavy atom. The highest BCUT2D eigenvalue weighted by Gasteiger charge is 2.39. The summed E-state index contributed by atoms with van der Waals surface area (Å²) in [5.74, 6) is -0.0208. The highest BCUT2D eigenvalue weighted by Crippen LogP contribution is 2.29. The highest BCUT2D eigenvalue weighted by atomic mass is 16.6. The Bertz CT molecular complexity index is 249. The molecule has 0 aromatic rings. The fourth-order valence-corrected chi connectivity index (χ4v) is 0.956. The predicted molar refractivity (Wildman–Crippen MR) is 46.9 cm³/mol. The van der Waals surface area contributed by atoms with Gasteiger partial charge < -0.3 is 10.1 Å². The van der Waals surface area contributed by atoms with Gasteiger partial charge in [-0.2, -0.15) is 5.26 Å². The Hall–Kier alpha value is -1.24. The van der Waals surface area contributed by atoms with E-state index in [1.54, 1.807) is 20.8 Å². The van der Waals surface area contributed by atoms with Gasteiger partial charge in [-0.15, -0.1) is 0 Å². The summed E-state index contributed by atoms with van der Waals surface area (Å²) in [6.07, 6.45) is 0.311. The van der Waals surface area contributed by atoms with Crippen molar-refractivity contribution in [3.05, 3.63) is 0 Å². The second-order valence-electron chi connectivity index (χ2n) is 4.22. The first-order chi connectivity index (χ1) is 5.92. The largest absolute Gasteiger partial charge is 0.444 e. The molecule has 0 saturated heterocycles. The maximum atomic E-state index is 11.1. The maximum Gasteiger partial charge on any atom is 0.407 e. The monoisotopic (exact) mass is 182 g/mol. The molecule has 1 amide bonds. The van der Waals surface area contributed by atoms with Crippen molar-refractivity contribution in [2.24, 2.45) is 5.92 Å². The van der Waals surface area contributed by atoms with Crippen molar-refractivity contribution in [2.75, 3.05) is 0 Å². The third-order valence-corrected chi connectivity index (χ3v) is 1.66. The van der Waals surface area contributed by atoms with Gasteiger partial charge in [-0.1, -0.05) is 0 Å². The Morgan fingerprint density at radius 1 is 1.62 bits per heavy atom. The van der Waals surface area contributed by atoms with Gasteiger partial charge in [0.1, 0.15) is 5.60 Å². The molecule has 1 aliphatic rings. The zero-order chi connectivity index (χ0) is 10.1. The molecule has 0 unspecified atom stereocenters. The van der Waals surface area contributed by atoms with Gasteiger partial charge in [-0.3, -0.25) is 0 Å². The quantitative estimate of drug-likeness (QED) is 0.667. The van der Waals surface area contributed by atoms with Crippen LogP contribution in [0.15, 0.2) is 0 Å². The average Bonchev–Trinajstić information content (AvgIpc) is 2.62. The number of amides is 1. The van der Waals surface area contributed by atoms with Crippen molar-refractivity contribution < 1.29 is 9.53 Å². The molecule has 0 aliphatic heterocycles. The lowest BCUT2D eigenvalue weighted by molar-refractivity contribution is 0.0522. The van der Waals surface area contributed by atoms with Crippen LogP contribution in [-0.4, -0.2) is 17.7 Å². The van der Waals surface area contributed by atoms with Crippen LogP contribution >= 0.6 is 0 Å². The molecule has 4 nitrogen and oxygen atoms in total. The molecule has 0 spiro atoms. The van der Waals surface area contributed by atoms with Crippen molar-refractivity contribution >= 4 is 6.09 Å². The lowest BCUT2D eigenvalue weighted by Gasteiger charge is -2.19. The summed E-state index contributed by atoms with van der Waals surface area (Å²) in [4.78, 5) is 11.1. The molecular weight excluding hydrogens is 168 g/mol. The molecule has 0 aromatic carbocycles. The Morgan fingerprint density at radius 2 is 2.23 bits per heavy atom. The Labute approximate surface area is 77.9 Å². The molecular formula is C9H14N2O2. The van der Waals surface area contributed by atoms with E-state index in [9.17, 15) is 4.79 Å². The second kappa shape index (κ2) is 3.25. The van der Waals surface area contributed by atoms with Crippen molar-refractivity contribution in [1.29, 1.82) is 5.26 Å². The van der Waals surface area contributed by atoms with Gasteiger partial charge >= 0.3 is 6.09 Å². The summed E-state index contributed by atoms with van der Waals surface area (Å²) in [6.45, 7) is 5.42. The van der Waals surface area contributed by atoms with Gasteiger partial charge in [0.2, 0.25) is 0 Å². The summed E-state index contributed by atoms with van der Waals surface area (Å²) in [6, 6.07) is 2.09. The fourth-order valence-electron chi connectivity index (χ4n) is 0.956. The van der Waals surface area contributed by atoms with Crippen LogP contribution in [0.3, 0.4) is 0 Å². The van der Waals surface area contributed by atoms with Crippen molar-refractivity contribution in [3.8, 4) is 6.07 Å². The molecule has 4 heteroatoms. The molecule has 1 aliphatic carbocycles. The van der Waals surface area contributed by atoms with E-state index < -0.39 is 11.7 Å². The van der Waals surface area contributed by atoms with Crippen LogP contribution < -0.4 is 5.32 Å². The number of nitrogens with zero attached hydrogens (tertiary/aromatic N) is 1. The fraction of sp³-hybridized carbons (Fsp3) is 0.778. The molecule has 1 N–H and O–H groups in total. The summed E-state index contributed by atoms with van der Waals surface area (Å²) < 4.78 is 5.02. The van der Waals surface area contributed by atoms with E-state index in [0.717, 1.165) is 6.42 Å². The standard InChI is InChI=1S/C9H14N2O2/c1-9(2,3)13-8(12)11-7-4-6(7)5-10/h6-7H,4H2,1-3H3,(H,11,12)/t6-,7-/m1/s1. The van der Waals surface area contributed by atoms with E-state index >= 15 is 0 Å². The zero-order valence-corrected chi connectivity index (χ0v) is 8.13. The minimum absolute atomic E-state index is 0.000139. The third-order valence-electron chi connectivity index (χ3n) is 1.66. The molecule has 0 bridgehead atoms. The van der Waals surface area contributed by atoms with Gasteiger partial charge in [0.15, 0.2) is 0 Å².